The Morgan fingerprint density at radius 1 is 1.10 bits per heavy atom. The summed E-state index contributed by atoms with van der Waals surface area (Å²) in [5.74, 6) is -0.970. The maximum Gasteiger partial charge on any atom is 0.331 e. The lowest BCUT2D eigenvalue weighted by Crippen LogP contribution is -2.70. The fourth-order valence-corrected chi connectivity index (χ4v) is 8.65. The number of fused-ring (bicyclic) bond motifs is 5. The van der Waals surface area contributed by atoms with E-state index in [1.165, 1.54) is 7.11 Å². The molecular formula is C24H34O7. The van der Waals surface area contributed by atoms with Gasteiger partial charge in [-0.15, -0.1) is 0 Å². The molecule has 0 aromatic heterocycles. The highest BCUT2D eigenvalue weighted by Gasteiger charge is 2.73. The number of ether oxygens (including phenoxy) is 2. The number of carbonyl (C=O) groups excluding carboxylic acids is 2. The fraction of sp³-hybridized carbons (Fsp3) is 0.833. The lowest BCUT2D eigenvalue weighted by atomic mass is 9.41. The Hall–Kier alpha value is -1.44. The van der Waals surface area contributed by atoms with E-state index in [0.29, 0.717) is 51.6 Å². The summed E-state index contributed by atoms with van der Waals surface area (Å²) in [5.41, 5.74) is -2.82. The van der Waals surface area contributed by atoms with Gasteiger partial charge in [-0.05, 0) is 74.7 Å². The van der Waals surface area contributed by atoms with Gasteiger partial charge in [-0.25, -0.2) is 4.79 Å². The summed E-state index contributed by atoms with van der Waals surface area (Å²) in [7, 11) is 1.36. The zero-order chi connectivity index (χ0) is 22.2. The minimum Gasteiger partial charge on any atom is -0.468 e. The van der Waals surface area contributed by atoms with Crippen molar-refractivity contribution in [3.05, 3.63) is 11.6 Å². The lowest BCUT2D eigenvalue weighted by molar-refractivity contribution is -0.261. The van der Waals surface area contributed by atoms with E-state index < -0.39 is 34.1 Å². The first-order valence-corrected chi connectivity index (χ1v) is 11.7. The fourth-order valence-electron chi connectivity index (χ4n) is 8.65. The van der Waals surface area contributed by atoms with Crippen molar-refractivity contribution in [2.75, 3.05) is 13.7 Å². The van der Waals surface area contributed by atoms with E-state index in [9.17, 15) is 24.9 Å². The van der Waals surface area contributed by atoms with E-state index in [1.807, 2.05) is 0 Å². The SMILES string of the molecule is COC(=O)[C@]12CC[C@H](O)C[C@@]1(O)CC[C@H]1[C@H]2CC[C@]2(C)[C@@H](C3=CC(=O)OC3)CC[C@]12O. The van der Waals surface area contributed by atoms with Gasteiger partial charge in [0.25, 0.3) is 0 Å². The van der Waals surface area contributed by atoms with Crippen LogP contribution in [0.3, 0.4) is 0 Å². The molecule has 0 radical (unpaired) electrons. The number of esters is 2. The van der Waals surface area contributed by atoms with E-state index in [4.69, 9.17) is 9.47 Å². The van der Waals surface area contributed by atoms with Crippen LogP contribution in [0.25, 0.3) is 0 Å². The molecule has 4 saturated carbocycles. The molecule has 7 heteroatoms. The molecule has 7 nitrogen and oxygen atoms in total. The standard InChI is InChI=1S/C24H34O7/c1-21-7-4-17-18(24(21,29)10-6-16(21)14-11-19(26)31-13-14)5-8-22(28)12-15(25)3-9-23(17,22)20(27)30-2/h11,15-18,25,28-29H,3-10,12-13H2,1-2H3/t15-,16+,17+,18-,21+,22-,23+,24-/m0/s1. The second-order valence-electron chi connectivity index (χ2n) is 10.9. The maximum absolute atomic E-state index is 13.3. The summed E-state index contributed by atoms with van der Waals surface area (Å²) < 4.78 is 10.4. The summed E-state index contributed by atoms with van der Waals surface area (Å²) in [6, 6.07) is 0. The number of aliphatic hydroxyl groups excluding tert-OH is 1. The smallest absolute Gasteiger partial charge is 0.331 e. The molecule has 1 heterocycles. The number of carbonyl (C=O) groups is 2. The van der Waals surface area contributed by atoms with Crippen LogP contribution in [0, 0.1) is 28.6 Å². The number of cyclic esters (lactones) is 1. The van der Waals surface area contributed by atoms with E-state index in [1.54, 1.807) is 6.08 Å². The Morgan fingerprint density at radius 2 is 1.84 bits per heavy atom. The van der Waals surface area contributed by atoms with E-state index >= 15 is 0 Å². The Kier molecular flexibility index (Phi) is 4.68. The zero-order valence-corrected chi connectivity index (χ0v) is 18.4. The van der Waals surface area contributed by atoms with E-state index in [-0.39, 0.29) is 30.1 Å². The molecule has 0 bridgehead atoms. The molecule has 1 aliphatic heterocycles. The van der Waals surface area contributed by atoms with Crippen molar-refractivity contribution in [1.82, 2.24) is 0 Å². The largest absolute Gasteiger partial charge is 0.468 e. The van der Waals surface area contributed by atoms with Gasteiger partial charge in [0.15, 0.2) is 0 Å². The van der Waals surface area contributed by atoms with Crippen LogP contribution in [0.15, 0.2) is 11.6 Å². The lowest BCUT2D eigenvalue weighted by Gasteiger charge is -2.65. The predicted molar refractivity (Wildman–Crippen MR) is 110 cm³/mol. The third kappa shape index (κ3) is 2.57. The van der Waals surface area contributed by atoms with Gasteiger partial charge in [0.05, 0.1) is 29.8 Å². The topological polar surface area (TPSA) is 113 Å². The minimum absolute atomic E-state index is 0.0768. The first-order chi connectivity index (χ1) is 14.6. The number of hydrogen-bond acceptors (Lipinski definition) is 7. The summed E-state index contributed by atoms with van der Waals surface area (Å²) >= 11 is 0. The van der Waals surface area contributed by atoms with Crippen molar-refractivity contribution in [2.45, 2.75) is 82.0 Å². The van der Waals surface area contributed by atoms with Crippen LogP contribution < -0.4 is 0 Å². The summed E-state index contributed by atoms with van der Waals surface area (Å²) in [6.07, 6.45) is 5.75. The highest BCUT2D eigenvalue weighted by molar-refractivity contribution is 5.85. The molecular weight excluding hydrogens is 400 g/mol. The second kappa shape index (κ2) is 6.78. The Morgan fingerprint density at radius 3 is 2.52 bits per heavy atom. The third-order valence-corrected chi connectivity index (χ3v) is 10.1. The predicted octanol–water partition coefficient (Wildman–Crippen LogP) is 1.87. The van der Waals surface area contributed by atoms with Gasteiger partial charge in [-0.2, -0.15) is 0 Å². The van der Waals surface area contributed by atoms with Crippen molar-refractivity contribution in [2.24, 2.45) is 28.6 Å². The van der Waals surface area contributed by atoms with Crippen LogP contribution in [-0.2, 0) is 19.1 Å². The molecule has 4 aliphatic carbocycles. The highest BCUT2D eigenvalue weighted by atomic mass is 16.5. The molecule has 0 aromatic rings. The van der Waals surface area contributed by atoms with Gasteiger partial charge in [-0.1, -0.05) is 6.92 Å². The molecule has 0 saturated heterocycles. The number of aliphatic hydroxyl groups is 3. The molecule has 172 valence electrons. The van der Waals surface area contributed by atoms with Crippen molar-refractivity contribution in [3.63, 3.8) is 0 Å². The van der Waals surface area contributed by atoms with Crippen LogP contribution >= 0.6 is 0 Å². The minimum atomic E-state index is -1.31. The quantitative estimate of drug-likeness (QED) is 0.569. The van der Waals surface area contributed by atoms with Crippen LogP contribution in [0.4, 0.5) is 0 Å². The molecule has 0 aromatic carbocycles. The summed E-state index contributed by atoms with van der Waals surface area (Å²) in [5, 5.41) is 34.2. The van der Waals surface area contributed by atoms with Crippen molar-refractivity contribution < 1.29 is 34.4 Å². The number of methoxy groups -OCH3 is 1. The first-order valence-electron chi connectivity index (χ1n) is 11.7. The second-order valence-corrected chi connectivity index (χ2v) is 10.9. The summed E-state index contributed by atoms with van der Waals surface area (Å²) in [6.45, 7) is 2.42. The third-order valence-electron chi connectivity index (χ3n) is 10.1. The maximum atomic E-state index is 13.3. The van der Waals surface area contributed by atoms with Gasteiger partial charge in [-0.3, -0.25) is 4.79 Å². The highest BCUT2D eigenvalue weighted by Crippen LogP contribution is 2.70. The monoisotopic (exact) mass is 434 g/mol. The molecule has 0 amide bonds. The van der Waals surface area contributed by atoms with Crippen molar-refractivity contribution >= 4 is 11.9 Å². The van der Waals surface area contributed by atoms with Crippen LogP contribution in [0.2, 0.25) is 0 Å². The average molecular weight is 435 g/mol. The van der Waals surface area contributed by atoms with Gasteiger partial charge in [0.2, 0.25) is 0 Å². The normalized spacial score (nSPS) is 51.3. The Labute approximate surface area is 182 Å². The number of rotatable bonds is 2. The molecule has 3 N–H and O–H groups in total. The molecule has 0 unspecified atom stereocenters. The van der Waals surface area contributed by atoms with Crippen LogP contribution in [-0.4, -0.2) is 58.3 Å². The number of hydrogen-bond donors (Lipinski definition) is 3. The van der Waals surface area contributed by atoms with Crippen LogP contribution in [0.5, 0.6) is 0 Å². The van der Waals surface area contributed by atoms with Crippen molar-refractivity contribution in [3.8, 4) is 0 Å². The van der Waals surface area contributed by atoms with Gasteiger partial charge >= 0.3 is 11.9 Å². The summed E-state index contributed by atoms with van der Waals surface area (Å²) in [4.78, 5) is 25.0. The van der Waals surface area contributed by atoms with Gasteiger partial charge in [0, 0.05) is 17.9 Å². The Balaban J connectivity index is 1.55. The molecule has 4 fully saturated rings. The molecule has 5 rings (SSSR count). The van der Waals surface area contributed by atoms with E-state index in [2.05, 4.69) is 6.92 Å². The van der Waals surface area contributed by atoms with Crippen molar-refractivity contribution in [1.29, 1.82) is 0 Å². The first kappa shape index (κ1) is 21.4. The zero-order valence-electron chi connectivity index (χ0n) is 18.4. The molecule has 31 heavy (non-hydrogen) atoms. The van der Waals surface area contributed by atoms with E-state index in [0.717, 1.165) is 12.0 Å². The molecule has 0 spiro atoms. The van der Waals surface area contributed by atoms with Crippen LogP contribution in [0.1, 0.15) is 64.7 Å². The Bertz CT molecular complexity index is 838. The van der Waals surface area contributed by atoms with Gasteiger partial charge < -0.3 is 24.8 Å². The molecule has 5 aliphatic rings. The average Bonchev–Trinajstić information content (AvgIpc) is 3.26. The van der Waals surface area contributed by atoms with Gasteiger partial charge in [0.1, 0.15) is 6.61 Å². The molecule has 8 atom stereocenters.